The van der Waals surface area contributed by atoms with Gasteiger partial charge in [-0.25, -0.2) is 4.79 Å². The third-order valence-corrected chi connectivity index (χ3v) is 4.82. The van der Waals surface area contributed by atoms with Crippen LogP contribution in [-0.2, 0) is 17.8 Å². The molecule has 1 aliphatic heterocycles. The van der Waals surface area contributed by atoms with Crippen LogP contribution in [0.25, 0.3) is 0 Å². The van der Waals surface area contributed by atoms with Crippen molar-refractivity contribution in [2.24, 2.45) is 0 Å². The first-order chi connectivity index (χ1) is 11.1. The maximum atomic E-state index is 12.2. The quantitative estimate of drug-likeness (QED) is 0.914. The van der Waals surface area contributed by atoms with Crippen molar-refractivity contribution in [2.75, 3.05) is 19.0 Å². The van der Waals surface area contributed by atoms with Crippen molar-refractivity contribution in [1.82, 2.24) is 14.7 Å². The molecule has 0 radical (unpaired) electrons. The molecule has 2 aromatic heterocycles. The molecular weight excluding hydrogens is 312 g/mol. The molecule has 1 aliphatic rings. The molecule has 1 atom stereocenters. The van der Waals surface area contributed by atoms with E-state index in [1.807, 2.05) is 10.9 Å². The van der Waals surface area contributed by atoms with E-state index in [2.05, 4.69) is 29.5 Å². The summed E-state index contributed by atoms with van der Waals surface area (Å²) in [5.41, 5.74) is 0.710. The standard InChI is InChI=1S/C16H22N4O2S/c1-12-5-6-15(23-12)11-19(2)16(21)18-13-8-17-20(9-13)10-14-4-3-7-22-14/h5-6,8-9,14H,3-4,7,10-11H2,1-2H3,(H,18,21)/t14-/m0/s1. The van der Waals surface area contributed by atoms with Crippen LogP contribution in [0.3, 0.4) is 0 Å². The Hall–Kier alpha value is -1.86. The maximum absolute atomic E-state index is 12.2. The highest BCUT2D eigenvalue weighted by molar-refractivity contribution is 7.11. The molecule has 2 amide bonds. The Bertz CT molecular complexity index is 661. The molecule has 124 valence electrons. The fourth-order valence-electron chi connectivity index (χ4n) is 2.62. The Morgan fingerprint density at radius 2 is 2.43 bits per heavy atom. The number of urea groups is 1. The molecular formula is C16H22N4O2S. The van der Waals surface area contributed by atoms with Crippen LogP contribution in [0.1, 0.15) is 22.6 Å². The minimum atomic E-state index is -0.132. The van der Waals surface area contributed by atoms with E-state index in [0.717, 1.165) is 26.0 Å². The van der Waals surface area contributed by atoms with Crippen molar-refractivity contribution in [3.8, 4) is 0 Å². The molecule has 0 bridgehead atoms. The van der Waals surface area contributed by atoms with E-state index < -0.39 is 0 Å². The summed E-state index contributed by atoms with van der Waals surface area (Å²) in [5, 5.41) is 7.17. The molecule has 0 spiro atoms. The van der Waals surface area contributed by atoms with Gasteiger partial charge in [-0.1, -0.05) is 0 Å². The first kappa shape index (κ1) is 16.0. The summed E-state index contributed by atoms with van der Waals surface area (Å²) in [5.74, 6) is 0. The van der Waals surface area contributed by atoms with Gasteiger partial charge < -0.3 is 15.0 Å². The van der Waals surface area contributed by atoms with E-state index in [4.69, 9.17) is 4.74 Å². The summed E-state index contributed by atoms with van der Waals surface area (Å²) in [6.45, 7) is 4.24. The van der Waals surface area contributed by atoms with Gasteiger partial charge in [-0.3, -0.25) is 4.68 Å². The Balaban J connectivity index is 1.51. The number of aryl methyl sites for hydroxylation is 1. The highest BCUT2D eigenvalue weighted by Gasteiger charge is 2.17. The number of nitrogens with one attached hydrogen (secondary N) is 1. The number of carbonyl (C=O) groups excluding carboxylic acids is 1. The van der Waals surface area contributed by atoms with Gasteiger partial charge in [0.2, 0.25) is 0 Å². The fourth-order valence-corrected chi connectivity index (χ4v) is 3.56. The van der Waals surface area contributed by atoms with Crippen LogP contribution >= 0.6 is 11.3 Å². The van der Waals surface area contributed by atoms with Crippen LogP contribution in [-0.4, -0.2) is 40.5 Å². The summed E-state index contributed by atoms with van der Waals surface area (Å²) in [7, 11) is 1.79. The highest BCUT2D eigenvalue weighted by Crippen LogP contribution is 2.18. The number of amides is 2. The first-order valence-corrected chi connectivity index (χ1v) is 8.63. The second kappa shape index (κ2) is 7.14. The van der Waals surface area contributed by atoms with Gasteiger partial charge in [-0.15, -0.1) is 11.3 Å². The summed E-state index contributed by atoms with van der Waals surface area (Å²) in [4.78, 5) is 16.3. The van der Waals surface area contributed by atoms with Crippen LogP contribution in [0.2, 0.25) is 0 Å². The third-order valence-electron chi connectivity index (χ3n) is 3.83. The molecule has 7 heteroatoms. The van der Waals surface area contributed by atoms with Crippen molar-refractivity contribution in [2.45, 2.75) is 39.0 Å². The fraction of sp³-hybridized carbons (Fsp3) is 0.500. The summed E-state index contributed by atoms with van der Waals surface area (Å²) in [6, 6.07) is 4.00. The van der Waals surface area contributed by atoms with Gasteiger partial charge in [0.25, 0.3) is 0 Å². The van der Waals surface area contributed by atoms with E-state index in [1.54, 1.807) is 29.5 Å². The van der Waals surface area contributed by atoms with E-state index in [-0.39, 0.29) is 12.1 Å². The minimum absolute atomic E-state index is 0.132. The van der Waals surface area contributed by atoms with Crippen molar-refractivity contribution in [3.05, 3.63) is 34.3 Å². The SMILES string of the molecule is Cc1ccc(CN(C)C(=O)Nc2cnn(C[C@@H]3CCCO3)c2)s1. The lowest BCUT2D eigenvalue weighted by atomic mass is 10.2. The first-order valence-electron chi connectivity index (χ1n) is 7.81. The van der Waals surface area contributed by atoms with Crippen molar-refractivity contribution in [3.63, 3.8) is 0 Å². The third kappa shape index (κ3) is 4.33. The number of rotatable bonds is 5. The summed E-state index contributed by atoms with van der Waals surface area (Å²) >= 11 is 1.71. The number of carbonyl (C=O) groups is 1. The van der Waals surface area contributed by atoms with Crippen molar-refractivity contribution >= 4 is 23.1 Å². The van der Waals surface area contributed by atoms with E-state index in [1.165, 1.54) is 9.75 Å². The number of anilines is 1. The van der Waals surface area contributed by atoms with Gasteiger partial charge in [0, 0.05) is 29.6 Å². The molecule has 3 heterocycles. The topological polar surface area (TPSA) is 59.4 Å². The Labute approximate surface area is 140 Å². The smallest absolute Gasteiger partial charge is 0.322 e. The molecule has 1 saturated heterocycles. The highest BCUT2D eigenvalue weighted by atomic mass is 32.1. The predicted octanol–water partition coefficient (Wildman–Crippen LogP) is 3.10. The van der Waals surface area contributed by atoms with Crippen molar-refractivity contribution < 1.29 is 9.53 Å². The Morgan fingerprint density at radius 3 is 3.13 bits per heavy atom. The molecule has 0 saturated carbocycles. The molecule has 23 heavy (non-hydrogen) atoms. The average molecular weight is 334 g/mol. The number of hydrogen-bond acceptors (Lipinski definition) is 4. The van der Waals surface area contributed by atoms with Crippen LogP contribution in [0.15, 0.2) is 24.5 Å². The molecule has 1 N–H and O–H groups in total. The van der Waals surface area contributed by atoms with E-state index in [9.17, 15) is 4.79 Å². The molecule has 0 aromatic carbocycles. The molecule has 2 aromatic rings. The zero-order chi connectivity index (χ0) is 16.2. The minimum Gasteiger partial charge on any atom is -0.376 e. The zero-order valence-electron chi connectivity index (χ0n) is 13.5. The molecule has 0 aliphatic carbocycles. The lowest BCUT2D eigenvalue weighted by Crippen LogP contribution is -2.30. The van der Waals surface area contributed by atoms with Gasteiger partial charge in [-0.2, -0.15) is 5.10 Å². The van der Waals surface area contributed by atoms with Crippen LogP contribution in [0.4, 0.5) is 10.5 Å². The number of thiophene rings is 1. The molecule has 3 rings (SSSR count). The molecule has 6 nitrogen and oxygen atoms in total. The molecule has 0 unspecified atom stereocenters. The van der Waals surface area contributed by atoms with Crippen LogP contribution in [0.5, 0.6) is 0 Å². The van der Waals surface area contributed by atoms with Crippen molar-refractivity contribution in [1.29, 1.82) is 0 Å². The second-order valence-corrected chi connectivity index (χ2v) is 7.26. The average Bonchev–Trinajstić information content (AvgIpc) is 3.24. The Morgan fingerprint density at radius 1 is 1.57 bits per heavy atom. The largest absolute Gasteiger partial charge is 0.376 e. The van der Waals surface area contributed by atoms with Gasteiger partial charge in [0.1, 0.15) is 0 Å². The lowest BCUT2D eigenvalue weighted by molar-refractivity contribution is 0.0940. The second-order valence-electron chi connectivity index (χ2n) is 5.88. The van der Waals surface area contributed by atoms with Gasteiger partial charge in [0.15, 0.2) is 0 Å². The van der Waals surface area contributed by atoms with E-state index in [0.29, 0.717) is 12.2 Å². The van der Waals surface area contributed by atoms with Gasteiger partial charge in [-0.05, 0) is 31.9 Å². The number of hydrogen-bond donors (Lipinski definition) is 1. The lowest BCUT2D eigenvalue weighted by Gasteiger charge is -2.16. The van der Waals surface area contributed by atoms with E-state index >= 15 is 0 Å². The van der Waals surface area contributed by atoms with Crippen LogP contribution in [0, 0.1) is 6.92 Å². The Kier molecular flexibility index (Phi) is 4.97. The summed E-state index contributed by atoms with van der Waals surface area (Å²) < 4.78 is 7.43. The molecule has 1 fully saturated rings. The van der Waals surface area contributed by atoms with Crippen LogP contribution < -0.4 is 5.32 Å². The van der Waals surface area contributed by atoms with Gasteiger partial charge in [0.05, 0.1) is 31.1 Å². The maximum Gasteiger partial charge on any atom is 0.322 e. The zero-order valence-corrected chi connectivity index (χ0v) is 14.3. The number of aromatic nitrogens is 2. The normalized spacial score (nSPS) is 17.4. The predicted molar refractivity (Wildman–Crippen MR) is 90.7 cm³/mol. The number of nitrogens with zero attached hydrogens (tertiary/aromatic N) is 3. The van der Waals surface area contributed by atoms with Gasteiger partial charge >= 0.3 is 6.03 Å². The monoisotopic (exact) mass is 334 g/mol. The summed E-state index contributed by atoms with van der Waals surface area (Å²) in [6.07, 6.45) is 5.95. The number of ether oxygens (including phenoxy) is 1.